The number of fused-ring (bicyclic) bond motifs is 1. The van der Waals surface area contributed by atoms with Gasteiger partial charge < -0.3 is 10.6 Å². The molecule has 0 radical (unpaired) electrons. The maximum Gasteiger partial charge on any atom is 0.165 e. The molecule has 2 aromatic carbocycles. The lowest BCUT2D eigenvalue weighted by Crippen LogP contribution is -2.46. The fourth-order valence-electron chi connectivity index (χ4n) is 5.42. The van der Waals surface area contributed by atoms with E-state index in [1.165, 1.54) is 5.56 Å². The van der Waals surface area contributed by atoms with Crippen molar-refractivity contribution in [2.24, 2.45) is 0 Å². The van der Waals surface area contributed by atoms with E-state index in [2.05, 4.69) is 49.0 Å². The highest BCUT2D eigenvalue weighted by Crippen LogP contribution is 2.33. The van der Waals surface area contributed by atoms with Crippen LogP contribution in [0.3, 0.4) is 0 Å². The Labute approximate surface area is 248 Å². The summed E-state index contributed by atoms with van der Waals surface area (Å²) < 4.78 is 2.05. The molecule has 10 heteroatoms. The number of nitrogens with zero attached hydrogens (tertiary/aromatic N) is 8. The number of anilines is 2. The lowest BCUT2D eigenvalue weighted by Gasteiger charge is -2.35. The van der Waals surface area contributed by atoms with Crippen LogP contribution in [0.1, 0.15) is 5.56 Å². The maximum atomic E-state index is 6.53. The first kappa shape index (κ1) is 26.1. The molecule has 0 spiro atoms. The van der Waals surface area contributed by atoms with E-state index >= 15 is 0 Å². The molecule has 6 aromatic rings. The number of halogens is 1. The molecule has 1 aliphatic rings. The number of benzene rings is 2. The van der Waals surface area contributed by atoms with Gasteiger partial charge in [-0.25, -0.2) is 24.9 Å². The van der Waals surface area contributed by atoms with Crippen LogP contribution in [-0.4, -0.2) is 60.6 Å². The van der Waals surface area contributed by atoms with Crippen molar-refractivity contribution in [2.45, 2.75) is 6.54 Å². The minimum atomic E-state index is 0.415. The van der Waals surface area contributed by atoms with E-state index in [-0.39, 0.29) is 0 Å². The molecule has 42 heavy (non-hydrogen) atoms. The van der Waals surface area contributed by atoms with Crippen LogP contribution in [0.2, 0.25) is 5.02 Å². The third-order valence-corrected chi connectivity index (χ3v) is 7.93. The molecule has 0 aliphatic carbocycles. The second kappa shape index (κ2) is 11.2. The van der Waals surface area contributed by atoms with Crippen LogP contribution in [0.5, 0.6) is 0 Å². The molecular weight excluding hydrogens is 546 g/mol. The van der Waals surface area contributed by atoms with Gasteiger partial charge in [-0.1, -0.05) is 41.9 Å². The molecule has 7 rings (SSSR count). The summed E-state index contributed by atoms with van der Waals surface area (Å²) in [6, 6.07) is 26.0. The van der Waals surface area contributed by atoms with Crippen molar-refractivity contribution in [1.29, 1.82) is 0 Å². The summed E-state index contributed by atoms with van der Waals surface area (Å²) in [5.41, 5.74) is 12.4. The number of piperazine rings is 1. The SMILES string of the molecule is Nc1ncccc1-c1nc2ccc(-c3ccccc3Cl)nc2n1-c1ccc(CN2CCN(c3ccncn3)CC2)cc1. The van der Waals surface area contributed by atoms with E-state index in [9.17, 15) is 0 Å². The summed E-state index contributed by atoms with van der Waals surface area (Å²) in [7, 11) is 0. The van der Waals surface area contributed by atoms with Gasteiger partial charge in [0, 0.05) is 61.4 Å². The van der Waals surface area contributed by atoms with Crippen LogP contribution in [0.15, 0.2) is 97.6 Å². The zero-order valence-corrected chi connectivity index (χ0v) is 23.6. The average molecular weight is 574 g/mol. The number of pyridine rings is 2. The molecule has 0 bridgehead atoms. The van der Waals surface area contributed by atoms with Crippen LogP contribution in [0.4, 0.5) is 11.6 Å². The first-order chi connectivity index (χ1) is 20.6. The molecule has 0 amide bonds. The lowest BCUT2D eigenvalue weighted by atomic mass is 10.1. The second-order valence-corrected chi connectivity index (χ2v) is 10.6. The minimum Gasteiger partial charge on any atom is -0.383 e. The van der Waals surface area contributed by atoms with Gasteiger partial charge >= 0.3 is 0 Å². The highest BCUT2D eigenvalue weighted by molar-refractivity contribution is 6.33. The Balaban J connectivity index is 1.21. The van der Waals surface area contributed by atoms with Crippen LogP contribution in [0, 0.1) is 0 Å². The van der Waals surface area contributed by atoms with E-state index in [1.54, 1.807) is 18.7 Å². The van der Waals surface area contributed by atoms with E-state index in [1.807, 2.05) is 59.2 Å². The molecule has 0 saturated carbocycles. The van der Waals surface area contributed by atoms with E-state index in [4.69, 9.17) is 27.3 Å². The van der Waals surface area contributed by atoms with Crippen molar-refractivity contribution in [2.75, 3.05) is 36.8 Å². The molecule has 1 saturated heterocycles. The van der Waals surface area contributed by atoms with Gasteiger partial charge in [0.15, 0.2) is 11.5 Å². The van der Waals surface area contributed by atoms with Gasteiger partial charge in [-0.15, -0.1) is 0 Å². The van der Waals surface area contributed by atoms with Crippen LogP contribution in [-0.2, 0) is 6.54 Å². The molecule has 1 aliphatic heterocycles. The number of imidazole rings is 1. The zero-order chi connectivity index (χ0) is 28.5. The Morgan fingerprint density at radius 1 is 0.762 bits per heavy atom. The molecule has 9 nitrogen and oxygen atoms in total. The van der Waals surface area contributed by atoms with E-state index < -0.39 is 0 Å². The van der Waals surface area contributed by atoms with Crippen LogP contribution >= 0.6 is 11.6 Å². The Morgan fingerprint density at radius 3 is 2.33 bits per heavy atom. The van der Waals surface area contributed by atoms with Crippen molar-refractivity contribution >= 4 is 34.4 Å². The first-order valence-corrected chi connectivity index (χ1v) is 14.2. The smallest absolute Gasteiger partial charge is 0.165 e. The molecule has 0 unspecified atom stereocenters. The Bertz CT molecular complexity index is 1850. The minimum absolute atomic E-state index is 0.415. The van der Waals surface area contributed by atoms with Crippen LogP contribution < -0.4 is 10.6 Å². The molecule has 5 heterocycles. The third kappa shape index (κ3) is 5.04. The molecule has 0 atom stereocenters. The molecule has 208 valence electrons. The molecule has 2 N–H and O–H groups in total. The summed E-state index contributed by atoms with van der Waals surface area (Å²) in [4.78, 5) is 27.5. The van der Waals surface area contributed by atoms with Crippen molar-refractivity contribution in [1.82, 2.24) is 34.4 Å². The number of nitrogens with two attached hydrogens (primary N) is 1. The second-order valence-electron chi connectivity index (χ2n) is 10.2. The van der Waals surface area contributed by atoms with Gasteiger partial charge in [0.2, 0.25) is 0 Å². The largest absolute Gasteiger partial charge is 0.383 e. The third-order valence-electron chi connectivity index (χ3n) is 7.60. The summed E-state index contributed by atoms with van der Waals surface area (Å²) >= 11 is 6.53. The van der Waals surface area contributed by atoms with Gasteiger partial charge in [-0.2, -0.15) is 0 Å². The summed E-state index contributed by atoms with van der Waals surface area (Å²) in [6.07, 6.45) is 5.08. The lowest BCUT2D eigenvalue weighted by molar-refractivity contribution is 0.249. The first-order valence-electron chi connectivity index (χ1n) is 13.8. The monoisotopic (exact) mass is 573 g/mol. The fourth-order valence-corrected chi connectivity index (χ4v) is 5.66. The van der Waals surface area contributed by atoms with Crippen molar-refractivity contribution in [3.63, 3.8) is 0 Å². The summed E-state index contributed by atoms with van der Waals surface area (Å²) in [5.74, 6) is 2.09. The standard InChI is InChI=1S/C32H28ClN9/c33-26-6-2-1-4-24(26)27-11-12-28-32(38-27)42(31(39-28)25-5-3-14-36-30(25)34)23-9-7-22(8-10-23)20-40-16-18-41(19-17-40)29-13-15-35-21-37-29/h1-15,21H,16-20H2,(H2,34,36). The van der Waals surface area contributed by atoms with Crippen molar-refractivity contribution < 1.29 is 0 Å². The quantitative estimate of drug-likeness (QED) is 0.279. The van der Waals surface area contributed by atoms with Gasteiger partial charge in [0.05, 0.1) is 11.3 Å². The summed E-state index contributed by atoms with van der Waals surface area (Å²) in [6.45, 7) is 4.69. The van der Waals surface area contributed by atoms with E-state index in [0.29, 0.717) is 16.7 Å². The number of rotatable bonds is 6. The topological polar surface area (TPSA) is 102 Å². The summed E-state index contributed by atoms with van der Waals surface area (Å²) in [5, 5.41) is 0.648. The van der Waals surface area contributed by atoms with Gasteiger partial charge in [0.1, 0.15) is 23.5 Å². The highest BCUT2D eigenvalue weighted by Gasteiger charge is 2.21. The average Bonchev–Trinajstić information content (AvgIpc) is 3.41. The van der Waals surface area contributed by atoms with Crippen molar-refractivity contribution in [3.05, 3.63) is 108 Å². The maximum absolute atomic E-state index is 6.53. The number of hydrogen-bond acceptors (Lipinski definition) is 8. The van der Waals surface area contributed by atoms with E-state index in [0.717, 1.165) is 72.2 Å². The fraction of sp³-hybridized carbons (Fsp3) is 0.156. The Morgan fingerprint density at radius 2 is 1.57 bits per heavy atom. The van der Waals surface area contributed by atoms with Gasteiger partial charge in [0.25, 0.3) is 0 Å². The number of hydrogen-bond donors (Lipinski definition) is 1. The molecular formula is C32H28ClN9. The Kier molecular flexibility index (Phi) is 6.95. The number of aromatic nitrogens is 6. The van der Waals surface area contributed by atoms with Gasteiger partial charge in [-0.05, 0) is 54.1 Å². The number of nitrogen functional groups attached to an aromatic ring is 1. The highest BCUT2D eigenvalue weighted by atomic mass is 35.5. The normalized spacial score (nSPS) is 14.0. The van der Waals surface area contributed by atoms with Crippen molar-refractivity contribution in [3.8, 4) is 28.3 Å². The zero-order valence-electron chi connectivity index (χ0n) is 22.8. The predicted molar refractivity (Wildman–Crippen MR) is 166 cm³/mol. The molecule has 1 fully saturated rings. The Hall–Kier alpha value is -4.86. The van der Waals surface area contributed by atoms with Gasteiger partial charge in [-0.3, -0.25) is 9.47 Å². The molecule has 4 aromatic heterocycles. The van der Waals surface area contributed by atoms with Crippen LogP contribution in [0.25, 0.3) is 39.5 Å². The predicted octanol–water partition coefficient (Wildman–Crippen LogP) is 5.50.